The van der Waals surface area contributed by atoms with Gasteiger partial charge in [0.25, 0.3) is 0 Å². The first-order valence-electron chi connectivity index (χ1n) is 5.85. The molecule has 0 atom stereocenters. The molecule has 2 aromatic rings. The lowest BCUT2D eigenvalue weighted by molar-refractivity contribution is -0.131. The van der Waals surface area contributed by atoms with Gasteiger partial charge >= 0.3 is 5.97 Å². The molecule has 0 saturated carbocycles. The van der Waals surface area contributed by atoms with Crippen molar-refractivity contribution in [2.75, 3.05) is 0 Å². The number of furan rings is 1. The monoisotopic (exact) mass is 274 g/mol. The Morgan fingerprint density at radius 1 is 1.21 bits per heavy atom. The van der Waals surface area contributed by atoms with Crippen molar-refractivity contribution in [2.24, 2.45) is 0 Å². The van der Waals surface area contributed by atoms with Crippen molar-refractivity contribution < 1.29 is 14.3 Å². The molecule has 0 aliphatic carbocycles. The molecule has 1 heterocycles. The molecule has 0 amide bonds. The number of benzene rings is 1. The molecule has 3 nitrogen and oxygen atoms in total. The van der Waals surface area contributed by atoms with E-state index in [0.717, 1.165) is 34.5 Å². The minimum Gasteiger partial charge on any atom is -0.478 e. The number of carbonyl (C=O) groups is 1. The first-order chi connectivity index (χ1) is 9.25. The average Bonchev–Trinajstić information content (AvgIpc) is 2.91. The second-order valence-corrected chi connectivity index (χ2v) is 4.93. The molecule has 1 aromatic heterocycles. The summed E-state index contributed by atoms with van der Waals surface area (Å²) in [4.78, 5) is 10.5. The Bertz CT molecular complexity index is 559. The van der Waals surface area contributed by atoms with Gasteiger partial charge in [-0.2, -0.15) is 0 Å². The number of hydrogen-bond donors (Lipinski definition) is 1. The highest BCUT2D eigenvalue weighted by Gasteiger charge is 2.01. The van der Waals surface area contributed by atoms with Gasteiger partial charge in [-0.15, -0.1) is 11.8 Å². The standard InChI is InChI=1S/C15H14O3S/c16-15(17)8-7-12-4-1-2-5-13(12)10-19-11-14-6-3-9-18-14/h1-9H,10-11H2,(H,16,17)/b8-7+. The summed E-state index contributed by atoms with van der Waals surface area (Å²) in [6.45, 7) is 0. The van der Waals surface area contributed by atoms with Gasteiger partial charge in [0, 0.05) is 11.8 Å². The first kappa shape index (κ1) is 13.5. The van der Waals surface area contributed by atoms with E-state index in [-0.39, 0.29) is 0 Å². The molecule has 0 unspecified atom stereocenters. The van der Waals surface area contributed by atoms with Crippen molar-refractivity contribution in [1.29, 1.82) is 0 Å². The van der Waals surface area contributed by atoms with Gasteiger partial charge in [0.2, 0.25) is 0 Å². The van der Waals surface area contributed by atoms with Crippen molar-refractivity contribution in [3.63, 3.8) is 0 Å². The second-order valence-electron chi connectivity index (χ2n) is 3.94. The van der Waals surface area contributed by atoms with Gasteiger partial charge in [-0.25, -0.2) is 4.79 Å². The zero-order valence-electron chi connectivity index (χ0n) is 10.3. The number of rotatable bonds is 6. The van der Waals surface area contributed by atoms with E-state index in [0.29, 0.717) is 0 Å². The molecule has 98 valence electrons. The van der Waals surface area contributed by atoms with E-state index in [9.17, 15) is 4.79 Å². The summed E-state index contributed by atoms with van der Waals surface area (Å²) in [5.41, 5.74) is 2.06. The molecule has 0 aliphatic rings. The summed E-state index contributed by atoms with van der Waals surface area (Å²) in [6.07, 6.45) is 4.46. The molecule has 0 radical (unpaired) electrons. The lowest BCUT2D eigenvalue weighted by atomic mass is 10.1. The molecular weight excluding hydrogens is 260 g/mol. The number of aliphatic carboxylic acids is 1. The van der Waals surface area contributed by atoms with Crippen LogP contribution in [0, 0.1) is 0 Å². The zero-order valence-corrected chi connectivity index (χ0v) is 11.1. The van der Waals surface area contributed by atoms with Gasteiger partial charge in [0.1, 0.15) is 5.76 Å². The minimum absolute atomic E-state index is 0.810. The fourth-order valence-corrected chi connectivity index (χ4v) is 2.60. The Labute approximate surface area is 115 Å². The highest BCUT2D eigenvalue weighted by atomic mass is 32.2. The number of hydrogen-bond acceptors (Lipinski definition) is 3. The fraction of sp³-hybridized carbons (Fsp3) is 0.133. The van der Waals surface area contributed by atoms with Gasteiger partial charge in [-0.3, -0.25) is 0 Å². The lowest BCUT2D eigenvalue weighted by Gasteiger charge is -2.04. The summed E-state index contributed by atoms with van der Waals surface area (Å²) in [7, 11) is 0. The SMILES string of the molecule is O=C(O)/C=C/c1ccccc1CSCc1ccco1. The van der Waals surface area contributed by atoms with E-state index in [1.54, 1.807) is 24.1 Å². The van der Waals surface area contributed by atoms with Gasteiger partial charge in [0.15, 0.2) is 0 Å². The van der Waals surface area contributed by atoms with Gasteiger partial charge in [0.05, 0.1) is 12.0 Å². The van der Waals surface area contributed by atoms with E-state index < -0.39 is 5.97 Å². The summed E-state index contributed by atoms with van der Waals surface area (Å²) < 4.78 is 5.27. The second kappa shape index (κ2) is 6.85. The van der Waals surface area contributed by atoms with E-state index in [4.69, 9.17) is 9.52 Å². The Kier molecular flexibility index (Phi) is 4.86. The topological polar surface area (TPSA) is 50.4 Å². The van der Waals surface area contributed by atoms with E-state index in [1.807, 2.05) is 36.4 Å². The van der Waals surface area contributed by atoms with Crippen LogP contribution in [0.1, 0.15) is 16.9 Å². The predicted octanol–water partition coefficient (Wildman–Crippen LogP) is 3.81. The molecule has 0 bridgehead atoms. The van der Waals surface area contributed by atoms with Crippen molar-refractivity contribution in [2.45, 2.75) is 11.5 Å². The molecule has 0 aliphatic heterocycles. The van der Waals surface area contributed by atoms with Crippen LogP contribution in [0.3, 0.4) is 0 Å². The molecule has 1 N–H and O–H groups in total. The maximum absolute atomic E-state index is 10.5. The van der Waals surface area contributed by atoms with Crippen LogP contribution in [0.5, 0.6) is 0 Å². The van der Waals surface area contributed by atoms with Crippen LogP contribution in [0.25, 0.3) is 6.08 Å². The molecule has 1 aromatic carbocycles. The fourth-order valence-electron chi connectivity index (χ4n) is 1.65. The summed E-state index contributed by atoms with van der Waals surface area (Å²) in [5, 5.41) is 8.66. The highest BCUT2D eigenvalue weighted by Crippen LogP contribution is 2.21. The quantitative estimate of drug-likeness (QED) is 0.814. The maximum atomic E-state index is 10.5. The summed E-state index contributed by atoms with van der Waals surface area (Å²) in [5.74, 6) is 1.65. The zero-order chi connectivity index (χ0) is 13.5. The molecule has 0 spiro atoms. The molecule has 0 fully saturated rings. The smallest absolute Gasteiger partial charge is 0.328 e. The Morgan fingerprint density at radius 3 is 2.79 bits per heavy atom. The number of carboxylic acids is 1. The van der Waals surface area contributed by atoms with Crippen molar-refractivity contribution in [1.82, 2.24) is 0 Å². The average molecular weight is 274 g/mol. The van der Waals surface area contributed by atoms with E-state index in [1.165, 1.54) is 0 Å². The van der Waals surface area contributed by atoms with Crippen LogP contribution in [0.15, 0.2) is 53.2 Å². The highest BCUT2D eigenvalue weighted by molar-refractivity contribution is 7.97. The summed E-state index contributed by atoms with van der Waals surface area (Å²) >= 11 is 1.74. The van der Waals surface area contributed by atoms with Gasteiger partial charge in [-0.05, 0) is 29.3 Å². The summed E-state index contributed by atoms with van der Waals surface area (Å²) in [6, 6.07) is 11.6. The number of carboxylic acid groups (broad SMARTS) is 1. The molecule has 19 heavy (non-hydrogen) atoms. The third-order valence-corrected chi connectivity index (χ3v) is 3.55. The third kappa shape index (κ3) is 4.34. The van der Waals surface area contributed by atoms with Crippen LogP contribution >= 0.6 is 11.8 Å². The van der Waals surface area contributed by atoms with Crippen LogP contribution in [-0.2, 0) is 16.3 Å². The van der Waals surface area contributed by atoms with Crippen LogP contribution in [0.2, 0.25) is 0 Å². The first-order valence-corrected chi connectivity index (χ1v) is 7.00. The largest absolute Gasteiger partial charge is 0.478 e. The van der Waals surface area contributed by atoms with E-state index >= 15 is 0 Å². The third-order valence-electron chi connectivity index (χ3n) is 2.54. The van der Waals surface area contributed by atoms with Gasteiger partial charge < -0.3 is 9.52 Å². The molecular formula is C15H14O3S. The maximum Gasteiger partial charge on any atom is 0.328 e. The lowest BCUT2D eigenvalue weighted by Crippen LogP contribution is -1.89. The predicted molar refractivity (Wildman–Crippen MR) is 76.8 cm³/mol. The van der Waals surface area contributed by atoms with Crippen LogP contribution in [-0.4, -0.2) is 11.1 Å². The van der Waals surface area contributed by atoms with Crippen molar-refractivity contribution in [3.05, 3.63) is 65.6 Å². The van der Waals surface area contributed by atoms with Gasteiger partial charge in [-0.1, -0.05) is 24.3 Å². The van der Waals surface area contributed by atoms with Crippen LogP contribution < -0.4 is 0 Å². The Hall–Kier alpha value is -1.94. The molecule has 0 saturated heterocycles. The van der Waals surface area contributed by atoms with E-state index in [2.05, 4.69) is 0 Å². The van der Waals surface area contributed by atoms with Crippen LogP contribution in [0.4, 0.5) is 0 Å². The number of thioether (sulfide) groups is 1. The Morgan fingerprint density at radius 2 is 2.05 bits per heavy atom. The molecule has 2 rings (SSSR count). The normalized spacial score (nSPS) is 10.9. The van der Waals surface area contributed by atoms with Crippen molar-refractivity contribution in [3.8, 4) is 0 Å². The van der Waals surface area contributed by atoms with Crippen molar-refractivity contribution >= 4 is 23.8 Å². The molecule has 4 heteroatoms. The minimum atomic E-state index is -0.932. The Balaban J connectivity index is 1.97.